The third-order valence-corrected chi connectivity index (χ3v) is 4.99. The number of hydrogen-bond donors (Lipinski definition) is 1. The van der Waals surface area contributed by atoms with Crippen molar-refractivity contribution in [2.75, 3.05) is 7.05 Å². The Bertz CT molecular complexity index is 560. The summed E-state index contributed by atoms with van der Waals surface area (Å²) in [5, 5.41) is 6.38. The lowest BCUT2D eigenvalue weighted by Crippen LogP contribution is -2.18. The molecule has 96 valence electrons. The van der Waals surface area contributed by atoms with Crippen LogP contribution < -0.4 is 5.32 Å². The number of benzene rings is 1. The van der Waals surface area contributed by atoms with Gasteiger partial charge in [-0.1, -0.05) is 35.4 Å². The molecule has 18 heavy (non-hydrogen) atoms. The summed E-state index contributed by atoms with van der Waals surface area (Å²) in [6.45, 7) is 6.32. The fourth-order valence-corrected chi connectivity index (χ4v) is 3.65. The summed E-state index contributed by atoms with van der Waals surface area (Å²) in [5.41, 5.74) is 5.05. The molecule has 1 unspecified atom stereocenters. The number of halogens is 1. The Balaban J connectivity index is 2.48. The van der Waals surface area contributed by atoms with Crippen molar-refractivity contribution in [2.45, 2.75) is 26.8 Å². The van der Waals surface area contributed by atoms with Crippen molar-refractivity contribution >= 4 is 22.9 Å². The highest BCUT2D eigenvalue weighted by atomic mass is 35.5. The van der Waals surface area contributed by atoms with Gasteiger partial charge in [0.2, 0.25) is 0 Å². The minimum atomic E-state index is 0.178. The summed E-state index contributed by atoms with van der Waals surface area (Å²) in [4.78, 5) is 1.20. The van der Waals surface area contributed by atoms with Crippen molar-refractivity contribution in [2.24, 2.45) is 0 Å². The molecule has 1 atom stereocenters. The molecule has 0 aliphatic heterocycles. The van der Waals surface area contributed by atoms with Gasteiger partial charge in [-0.25, -0.2) is 0 Å². The van der Waals surface area contributed by atoms with E-state index in [1.807, 2.05) is 7.05 Å². The van der Waals surface area contributed by atoms with E-state index in [-0.39, 0.29) is 6.04 Å². The molecule has 0 bridgehead atoms. The normalized spacial score (nSPS) is 12.7. The maximum Gasteiger partial charge on any atom is 0.0686 e. The van der Waals surface area contributed by atoms with Crippen LogP contribution >= 0.6 is 22.9 Å². The van der Waals surface area contributed by atoms with Crippen LogP contribution in [0.4, 0.5) is 0 Å². The van der Waals surface area contributed by atoms with E-state index in [9.17, 15) is 0 Å². The smallest absolute Gasteiger partial charge is 0.0686 e. The quantitative estimate of drug-likeness (QED) is 0.863. The van der Waals surface area contributed by atoms with Crippen molar-refractivity contribution < 1.29 is 0 Å². The first kappa shape index (κ1) is 13.6. The molecule has 0 fully saturated rings. The maximum atomic E-state index is 6.39. The molecule has 1 N–H and O–H groups in total. The van der Waals surface area contributed by atoms with Crippen molar-refractivity contribution in [1.29, 1.82) is 0 Å². The summed E-state index contributed by atoms with van der Waals surface area (Å²) < 4.78 is 0. The van der Waals surface area contributed by atoms with E-state index in [2.05, 4.69) is 49.7 Å². The molecule has 0 saturated heterocycles. The summed E-state index contributed by atoms with van der Waals surface area (Å²) >= 11 is 8.11. The Hall–Kier alpha value is -0.830. The van der Waals surface area contributed by atoms with E-state index < -0.39 is 0 Å². The van der Waals surface area contributed by atoms with Gasteiger partial charge in [0.1, 0.15) is 0 Å². The standard InChI is InChI=1S/C15H18ClNS/c1-9-5-6-12(10(2)7-9)14(17-4)15-13(16)11(3)8-18-15/h5-8,14,17H,1-4H3. The van der Waals surface area contributed by atoms with Gasteiger partial charge < -0.3 is 5.32 Å². The van der Waals surface area contributed by atoms with E-state index >= 15 is 0 Å². The van der Waals surface area contributed by atoms with Crippen LogP contribution in [0.5, 0.6) is 0 Å². The van der Waals surface area contributed by atoms with Gasteiger partial charge in [-0.05, 0) is 49.9 Å². The molecular weight excluding hydrogens is 262 g/mol. The molecule has 2 aromatic rings. The van der Waals surface area contributed by atoms with Crippen LogP contribution in [0.1, 0.15) is 33.2 Å². The SMILES string of the molecule is CNC(c1ccc(C)cc1C)c1scc(C)c1Cl. The van der Waals surface area contributed by atoms with E-state index in [0.717, 1.165) is 10.6 Å². The molecule has 0 amide bonds. The minimum Gasteiger partial charge on any atom is -0.309 e. The highest BCUT2D eigenvalue weighted by molar-refractivity contribution is 7.10. The molecule has 0 radical (unpaired) electrons. The Morgan fingerprint density at radius 3 is 2.39 bits per heavy atom. The molecule has 1 aromatic heterocycles. The lowest BCUT2D eigenvalue weighted by molar-refractivity contribution is 0.699. The molecule has 3 heteroatoms. The third kappa shape index (κ3) is 2.46. The van der Waals surface area contributed by atoms with Gasteiger partial charge in [0.05, 0.1) is 11.1 Å². The number of nitrogens with one attached hydrogen (secondary N) is 1. The van der Waals surface area contributed by atoms with Gasteiger partial charge in [-0.3, -0.25) is 0 Å². The van der Waals surface area contributed by atoms with Crippen molar-refractivity contribution in [3.63, 3.8) is 0 Å². The zero-order valence-corrected chi connectivity index (χ0v) is 12.7. The molecule has 2 rings (SSSR count). The molecule has 0 aliphatic carbocycles. The lowest BCUT2D eigenvalue weighted by Gasteiger charge is -2.18. The monoisotopic (exact) mass is 279 g/mol. The predicted molar refractivity (Wildman–Crippen MR) is 80.9 cm³/mol. The second-order valence-corrected chi connectivity index (χ2v) is 5.97. The average molecular weight is 280 g/mol. The van der Waals surface area contributed by atoms with Crippen LogP contribution in [0.2, 0.25) is 5.02 Å². The van der Waals surface area contributed by atoms with Gasteiger partial charge in [0, 0.05) is 4.88 Å². The highest BCUT2D eigenvalue weighted by Crippen LogP contribution is 2.36. The zero-order valence-electron chi connectivity index (χ0n) is 11.2. The van der Waals surface area contributed by atoms with Gasteiger partial charge >= 0.3 is 0 Å². The van der Waals surface area contributed by atoms with Crippen molar-refractivity contribution in [3.8, 4) is 0 Å². The van der Waals surface area contributed by atoms with Crippen LogP contribution in [-0.4, -0.2) is 7.05 Å². The second kappa shape index (κ2) is 5.43. The number of aryl methyl sites for hydroxylation is 3. The predicted octanol–water partition coefficient (Wildman–Crippen LogP) is 4.64. The first-order valence-electron chi connectivity index (χ1n) is 6.02. The second-order valence-electron chi connectivity index (χ2n) is 4.68. The fraction of sp³-hybridized carbons (Fsp3) is 0.333. The maximum absolute atomic E-state index is 6.39. The molecule has 0 aliphatic rings. The molecule has 1 aromatic carbocycles. The van der Waals surface area contributed by atoms with Crippen molar-refractivity contribution in [3.05, 3.63) is 55.7 Å². The van der Waals surface area contributed by atoms with Gasteiger partial charge in [0.15, 0.2) is 0 Å². The number of thiophene rings is 1. The van der Waals surface area contributed by atoms with Gasteiger partial charge in [-0.2, -0.15) is 0 Å². The first-order chi connectivity index (χ1) is 8.54. The fourth-order valence-electron chi connectivity index (χ4n) is 2.22. The van der Waals surface area contributed by atoms with Gasteiger partial charge in [-0.15, -0.1) is 11.3 Å². The molecule has 0 spiro atoms. The highest BCUT2D eigenvalue weighted by Gasteiger charge is 2.19. The number of hydrogen-bond acceptors (Lipinski definition) is 2. The van der Waals surface area contributed by atoms with Crippen LogP contribution in [0.3, 0.4) is 0 Å². The zero-order chi connectivity index (χ0) is 13.3. The average Bonchev–Trinajstić information content (AvgIpc) is 2.65. The van der Waals surface area contributed by atoms with Crippen LogP contribution in [0, 0.1) is 20.8 Å². The lowest BCUT2D eigenvalue weighted by atomic mass is 9.98. The van der Waals surface area contributed by atoms with Crippen LogP contribution in [-0.2, 0) is 0 Å². The molecule has 1 heterocycles. The Morgan fingerprint density at radius 1 is 1.17 bits per heavy atom. The Kier molecular flexibility index (Phi) is 4.10. The first-order valence-corrected chi connectivity index (χ1v) is 7.28. The van der Waals surface area contributed by atoms with E-state index in [0.29, 0.717) is 0 Å². The Labute approximate surface area is 118 Å². The summed E-state index contributed by atoms with van der Waals surface area (Å²) in [6.07, 6.45) is 0. The third-order valence-electron chi connectivity index (χ3n) is 3.21. The van der Waals surface area contributed by atoms with E-state index in [1.165, 1.54) is 21.6 Å². The molecule has 0 saturated carbocycles. The summed E-state index contributed by atoms with van der Waals surface area (Å²) in [5.74, 6) is 0. The van der Waals surface area contributed by atoms with Crippen molar-refractivity contribution in [1.82, 2.24) is 5.32 Å². The van der Waals surface area contributed by atoms with Crippen LogP contribution in [0.25, 0.3) is 0 Å². The van der Waals surface area contributed by atoms with Gasteiger partial charge in [0.25, 0.3) is 0 Å². The molecular formula is C15H18ClNS. The largest absolute Gasteiger partial charge is 0.309 e. The Morgan fingerprint density at radius 2 is 1.89 bits per heavy atom. The van der Waals surface area contributed by atoms with E-state index in [1.54, 1.807) is 11.3 Å². The number of rotatable bonds is 3. The topological polar surface area (TPSA) is 12.0 Å². The molecule has 1 nitrogen and oxygen atoms in total. The van der Waals surface area contributed by atoms with E-state index in [4.69, 9.17) is 11.6 Å². The summed E-state index contributed by atoms with van der Waals surface area (Å²) in [7, 11) is 1.98. The van der Waals surface area contributed by atoms with Crippen LogP contribution in [0.15, 0.2) is 23.6 Å². The minimum absolute atomic E-state index is 0.178. The summed E-state index contributed by atoms with van der Waals surface area (Å²) in [6, 6.07) is 6.74.